The van der Waals surface area contributed by atoms with E-state index in [9.17, 15) is 4.79 Å². The second-order valence-corrected chi connectivity index (χ2v) is 3.84. The molecule has 3 N–H and O–H groups in total. The van der Waals surface area contributed by atoms with E-state index in [0.29, 0.717) is 17.1 Å². The van der Waals surface area contributed by atoms with Crippen molar-refractivity contribution < 1.29 is 4.79 Å². The number of aromatic nitrogens is 2. The summed E-state index contributed by atoms with van der Waals surface area (Å²) in [5.74, 6) is 0.330. The Hall–Kier alpha value is -2.30. The van der Waals surface area contributed by atoms with Crippen LogP contribution in [0, 0.1) is 6.92 Å². The number of amides is 1. The molecule has 1 aromatic heterocycles. The lowest BCUT2D eigenvalue weighted by atomic mass is 10.1. The second kappa shape index (κ2) is 4.29. The van der Waals surface area contributed by atoms with Gasteiger partial charge in [0.25, 0.3) is 5.91 Å². The predicted octanol–water partition coefficient (Wildman–Crippen LogP) is 1.56. The second-order valence-electron chi connectivity index (χ2n) is 3.84. The number of nitrogens with two attached hydrogens (primary N) is 1. The molecule has 0 radical (unpaired) electrons. The molecule has 0 unspecified atom stereocenters. The van der Waals surface area contributed by atoms with Crippen LogP contribution in [0.2, 0.25) is 0 Å². The van der Waals surface area contributed by atoms with Gasteiger partial charge in [-0.1, -0.05) is 18.2 Å². The fourth-order valence-corrected chi connectivity index (χ4v) is 1.61. The summed E-state index contributed by atoms with van der Waals surface area (Å²) >= 11 is 0. The molecule has 88 valence electrons. The molecule has 1 aromatic carbocycles. The number of hydrogen-bond acceptors (Lipinski definition) is 3. The van der Waals surface area contributed by atoms with E-state index in [0.717, 1.165) is 5.56 Å². The SMILES string of the molecule is Cc1ccccc1C(=O)Nc1c(N)cnn1C. The lowest BCUT2D eigenvalue weighted by Gasteiger charge is -2.08. The third kappa shape index (κ3) is 2.13. The molecule has 0 saturated heterocycles. The molecule has 17 heavy (non-hydrogen) atoms. The number of nitrogen functional groups attached to an aromatic ring is 1. The minimum Gasteiger partial charge on any atom is -0.394 e. The predicted molar refractivity (Wildman–Crippen MR) is 66.8 cm³/mol. The van der Waals surface area contributed by atoms with Crippen LogP contribution in [-0.2, 0) is 7.05 Å². The number of benzene rings is 1. The molecule has 2 aromatic rings. The molecule has 0 spiro atoms. The van der Waals surface area contributed by atoms with E-state index < -0.39 is 0 Å². The number of carbonyl (C=O) groups excluding carboxylic acids is 1. The van der Waals surface area contributed by atoms with E-state index in [1.165, 1.54) is 10.9 Å². The van der Waals surface area contributed by atoms with Crippen molar-refractivity contribution >= 4 is 17.4 Å². The van der Waals surface area contributed by atoms with Gasteiger partial charge in [-0.05, 0) is 18.6 Å². The highest BCUT2D eigenvalue weighted by Gasteiger charge is 2.12. The highest BCUT2D eigenvalue weighted by atomic mass is 16.1. The van der Waals surface area contributed by atoms with Crippen LogP contribution in [0.3, 0.4) is 0 Å². The molecule has 0 aliphatic rings. The molecule has 5 heteroatoms. The Balaban J connectivity index is 2.27. The Kier molecular flexibility index (Phi) is 2.82. The highest BCUT2D eigenvalue weighted by Crippen LogP contribution is 2.17. The van der Waals surface area contributed by atoms with Crippen molar-refractivity contribution in [2.24, 2.45) is 7.05 Å². The molecule has 0 aliphatic carbocycles. The molecule has 0 saturated carbocycles. The van der Waals surface area contributed by atoms with Crippen LogP contribution in [0.25, 0.3) is 0 Å². The van der Waals surface area contributed by atoms with E-state index in [2.05, 4.69) is 10.4 Å². The molecule has 0 bridgehead atoms. The normalized spacial score (nSPS) is 10.2. The number of nitrogens with zero attached hydrogens (tertiary/aromatic N) is 2. The summed E-state index contributed by atoms with van der Waals surface area (Å²) in [6.07, 6.45) is 1.51. The van der Waals surface area contributed by atoms with Gasteiger partial charge in [0.2, 0.25) is 0 Å². The quantitative estimate of drug-likeness (QED) is 0.822. The maximum Gasteiger partial charge on any atom is 0.257 e. The van der Waals surface area contributed by atoms with Crippen molar-refractivity contribution in [1.82, 2.24) is 9.78 Å². The first-order valence-electron chi connectivity index (χ1n) is 5.24. The van der Waals surface area contributed by atoms with Gasteiger partial charge in [0.05, 0.1) is 11.9 Å². The minimum atomic E-state index is -0.182. The van der Waals surface area contributed by atoms with Gasteiger partial charge in [-0.3, -0.25) is 9.48 Å². The smallest absolute Gasteiger partial charge is 0.257 e. The van der Waals surface area contributed by atoms with E-state index >= 15 is 0 Å². The first-order valence-corrected chi connectivity index (χ1v) is 5.24. The Morgan fingerprint density at radius 2 is 2.12 bits per heavy atom. The lowest BCUT2D eigenvalue weighted by molar-refractivity contribution is 0.102. The molecule has 5 nitrogen and oxygen atoms in total. The topological polar surface area (TPSA) is 72.9 Å². The summed E-state index contributed by atoms with van der Waals surface area (Å²) in [6, 6.07) is 7.39. The van der Waals surface area contributed by atoms with E-state index in [1.807, 2.05) is 25.1 Å². The van der Waals surface area contributed by atoms with Crippen molar-refractivity contribution in [1.29, 1.82) is 0 Å². The molecular weight excluding hydrogens is 216 g/mol. The van der Waals surface area contributed by atoms with Crippen LogP contribution < -0.4 is 11.1 Å². The third-order valence-corrected chi connectivity index (χ3v) is 2.59. The Morgan fingerprint density at radius 3 is 2.71 bits per heavy atom. The largest absolute Gasteiger partial charge is 0.394 e. The zero-order chi connectivity index (χ0) is 12.4. The zero-order valence-electron chi connectivity index (χ0n) is 9.77. The van der Waals surface area contributed by atoms with Crippen LogP contribution in [0.1, 0.15) is 15.9 Å². The average Bonchev–Trinajstić information content (AvgIpc) is 2.61. The van der Waals surface area contributed by atoms with E-state index in [4.69, 9.17) is 5.73 Å². The number of aryl methyl sites for hydroxylation is 2. The van der Waals surface area contributed by atoms with Crippen LogP contribution in [-0.4, -0.2) is 15.7 Å². The standard InChI is InChI=1S/C12H14N4O/c1-8-5-3-4-6-9(8)12(17)15-11-10(13)7-14-16(11)2/h3-7H,13H2,1-2H3,(H,15,17). The van der Waals surface area contributed by atoms with Crippen LogP contribution >= 0.6 is 0 Å². The Morgan fingerprint density at radius 1 is 1.41 bits per heavy atom. The molecular formula is C12H14N4O. The maximum atomic E-state index is 12.0. The van der Waals surface area contributed by atoms with Crippen molar-refractivity contribution in [3.63, 3.8) is 0 Å². The number of hydrogen-bond donors (Lipinski definition) is 2. The molecule has 0 fully saturated rings. The number of rotatable bonds is 2. The minimum absolute atomic E-state index is 0.182. The first kappa shape index (κ1) is 11.2. The van der Waals surface area contributed by atoms with Gasteiger partial charge in [0.15, 0.2) is 5.82 Å². The molecule has 0 aliphatic heterocycles. The van der Waals surface area contributed by atoms with Gasteiger partial charge in [-0.15, -0.1) is 0 Å². The Bertz CT molecular complexity index is 540. The molecule has 1 amide bonds. The van der Waals surface area contributed by atoms with E-state index in [-0.39, 0.29) is 5.91 Å². The number of nitrogens with one attached hydrogen (secondary N) is 1. The number of anilines is 2. The van der Waals surface area contributed by atoms with Crippen molar-refractivity contribution in [3.05, 3.63) is 41.6 Å². The Labute approximate surface area is 99.2 Å². The van der Waals surface area contributed by atoms with Gasteiger partial charge in [-0.2, -0.15) is 5.10 Å². The average molecular weight is 230 g/mol. The fraction of sp³-hybridized carbons (Fsp3) is 0.167. The summed E-state index contributed by atoms with van der Waals surface area (Å²) < 4.78 is 1.53. The summed E-state index contributed by atoms with van der Waals surface area (Å²) in [5.41, 5.74) is 7.72. The van der Waals surface area contributed by atoms with Gasteiger partial charge in [0, 0.05) is 12.6 Å². The third-order valence-electron chi connectivity index (χ3n) is 2.59. The van der Waals surface area contributed by atoms with Crippen LogP contribution in [0.15, 0.2) is 30.5 Å². The van der Waals surface area contributed by atoms with E-state index in [1.54, 1.807) is 13.1 Å². The fourth-order valence-electron chi connectivity index (χ4n) is 1.61. The molecule has 2 rings (SSSR count). The van der Waals surface area contributed by atoms with Gasteiger partial charge in [-0.25, -0.2) is 0 Å². The first-order chi connectivity index (χ1) is 8.09. The summed E-state index contributed by atoms with van der Waals surface area (Å²) in [5, 5.41) is 6.71. The van der Waals surface area contributed by atoms with Gasteiger partial charge >= 0.3 is 0 Å². The van der Waals surface area contributed by atoms with Crippen LogP contribution in [0.5, 0.6) is 0 Å². The molecule has 0 atom stereocenters. The number of carbonyl (C=O) groups is 1. The summed E-state index contributed by atoms with van der Waals surface area (Å²) in [7, 11) is 1.73. The zero-order valence-corrected chi connectivity index (χ0v) is 9.77. The molecule has 1 heterocycles. The van der Waals surface area contributed by atoms with Crippen LogP contribution in [0.4, 0.5) is 11.5 Å². The summed E-state index contributed by atoms with van der Waals surface area (Å²) in [6.45, 7) is 1.89. The van der Waals surface area contributed by atoms with Crippen molar-refractivity contribution in [2.45, 2.75) is 6.92 Å². The maximum absolute atomic E-state index is 12.0. The van der Waals surface area contributed by atoms with Crippen molar-refractivity contribution in [2.75, 3.05) is 11.1 Å². The van der Waals surface area contributed by atoms with Gasteiger partial charge in [0.1, 0.15) is 0 Å². The van der Waals surface area contributed by atoms with Crippen molar-refractivity contribution in [3.8, 4) is 0 Å². The summed E-state index contributed by atoms with van der Waals surface area (Å²) in [4.78, 5) is 12.0. The van der Waals surface area contributed by atoms with Gasteiger partial charge < -0.3 is 11.1 Å². The monoisotopic (exact) mass is 230 g/mol. The highest BCUT2D eigenvalue weighted by molar-refractivity contribution is 6.06. The lowest BCUT2D eigenvalue weighted by Crippen LogP contribution is -2.16.